The lowest BCUT2D eigenvalue weighted by Gasteiger charge is -2.30. The summed E-state index contributed by atoms with van der Waals surface area (Å²) in [5.74, 6) is 1.42. The molecule has 0 bridgehead atoms. The molecule has 0 aromatic carbocycles. The van der Waals surface area contributed by atoms with Gasteiger partial charge in [-0.25, -0.2) is 0 Å². The summed E-state index contributed by atoms with van der Waals surface area (Å²) in [6.45, 7) is 3.78. The van der Waals surface area contributed by atoms with Crippen LogP contribution in [0.3, 0.4) is 0 Å². The molecule has 1 saturated heterocycles. The van der Waals surface area contributed by atoms with E-state index in [0.717, 1.165) is 31.9 Å². The van der Waals surface area contributed by atoms with Crippen LogP contribution in [-0.2, 0) is 4.74 Å². The van der Waals surface area contributed by atoms with Crippen molar-refractivity contribution in [3.8, 4) is 0 Å². The van der Waals surface area contributed by atoms with Crippen molar-refractivity contribution < 1.29 is 4.74 Å². The van der Waals surface area contributed by atoms with E-state index >= 15 is 0 Å². The molecule has 1 aliphatic heterocycles. The molecule has 2 N–H and O–H groups in total. The average Bonchev–Trinajstić information content (AvgIpc) is 2.70. The van der Waals surface area contributed by atoms with Crippen molar-refractivity contribution in [2.24, 2.45) is 16.6 Å². The fourth-order valence-electron chi connectivity index (χ4n) is 2.63. The highest BCUT2D eigenvalue weighted by Crippen LogP contribution is 2.28. The molecule has 2 aliphatic rings. The number of rotatable bonds is 2. The Balaban J connectivity index is 1.99. The first-order valence-electron chi connectivity index (χ1n) is 6.13. The number of nitrogens with zero attached hydrogens (tertiary/aromatic N) is 1. The molecule has 3 nitrogen and oxygen atoms in total. The number of ether oxygens (including phenoxy) is 1. The molecule has 15 heavy (non-hydrogen) atoms. The van der Waals surface area contributed by atoms with Crippen molar-refractivity contribution >= 4 is 5.84 Å². The molecule has 0 radical (unpaired) electrons. The van der Waals surface area contributed by atoms with Crippen LogP contribution in [0.2, 0.25) is 0 Å². The zero-order valence-electron chi connectivity index (χ0n) is 9.67. The van der Waals surface area contributed by atoms with Gasteiger partial charge in [-0.1, -0.05) is 12.8 Å². The molecule has 2 rings (SSSR count). The van der Waals surface area contributed by atoms with Crippen LogP contribution in [0.1, 0.15) is 45.4 Å². The largest absolute Gasteiger partial charge is 0.387 e. The molecular weight excluding hydrogens is 188 g/mol. The van der Waals surface area contributed by atoms with E-state index < -0.39 is 0 Å². The summed E-state index contributed by atoms with van der Waals surface area (Å²) in [6, 6.07) is 0. The second kappa shape index (κ2) is 4.52. The Bertz CT molecular complexity index is 238. The molecule has 86 valence electrons. The van der Waals surface area contributed by atoms with Crippen molar-refractivity contribution in [2.45, 2.75) is 51.0 Å². The van der Waals surface area contributed by atoms with Crippen molar-refractivity contribution in [3.63, 3.8) is 0 Å². The molecule has 1 atom stereocenters. The Morgan fingerprint density at radius 1 is 1.33 bits per heavy atom. The van der Waals surface area contributed by atoms with Crippen molar-refractivity contribution in [1.29, 1.82) is 0 Å². The zero-order chi connectivity index (χ0) is 10.7. The van der Waals surface area contributed by atoms with Crippen LogP contribution in [0.4, 0.5) is 0 Å². The van der Waals surface area contributed by atoms with E-state index in [2.05, 4.69) is 6.92 Å². The summed E-state index contributed by atoms with van der Waals surface area (Å²) in [7, 11) is 0. The fourth-order valence-corrected chi connectivity index (χ4v) is 2.63. The molecule has 1 aliphatic carbocycles. The van der Waals surface area contributed by atoms with Gasteiger partial charge in [0.25, 0.3) is 0 Å². The minimum Gasteiger partial charge on any atom is -0.387 e. The highest BCUT2D eigenvalue weighted by atomic mass is 16.5. The zero-order valence-corrected chi connectivity index (χ0v) is 9.67. The number of amidine groups is 1. The first-order valence-corrected chi connectivity index (χ1v) is 6.13. The first-order chi connectivity index (χ1) is 7.20. The molecular formula is C12H22N2O. The van der Waals surface area contributed by atoms with Gasteiger partial charge >= 0.3 is 0 Å². The molecule has 0 spiro atoms. The maximum Gasteiger partial charge on any atom is 0.0976 e. The van der Waals surface area contributed by atoms with Gasteiger partial charge in [0, 0.05) is 12.5 Å². The second-order valence-corrected chi connectivity index (χ2v) is 5.17. The van der Waals surface area contributed by atoms with Crippen LogP contribution in [0.15, 0.2) is 4.99 Å². The summed E-state index contributed by atoms with van der Waals surface area (Å²) < 4.78 is 5.49. The van der Waals surface area contributed by atoms with Crippen molar-refractivity contribution in [2.75, 3.05) is 13.2 Å². The van der Waals surface area contributed by atoms with Crippen LogP contribution in [0, 0.1) is 5.92 Å². The Kier molecular flexibility index (Phi) is 3.29. The van der Waals surface area contributed by atoms with Crippen LogP contribution in [0.5, 0.6) is 0 Å². The molecule has 1 heterocycles. The number of hydrogen-bond acceptors (Lipinski definition) is 2. The van der Waals surface area contributed by atoms with Gasteiger partial charge in [-0.2, -0.15) is 0 Å². The van der Waals surface area contributed by atoms with Gasteiger partial charge in [0.2, 0.25) is 0 Å². The number of nitrogens with two attached hydrogens (primary N) is 1. The van der Waals surface area contributed by atoms with E-state index in [0.29, 0.717) is 5.92 Å². The first kappa shape index (κ1) is 10.9. The summed E-state index contributed by atoms with van der Waals surface area (Å²) in [4.78, 5) is 4.72. The molecule has 0 amide bonds. The quantitative estimate of drug-likeness (QED) is 0.560. The monoisotopic (exact) mass is 210 g/mol. The summed E-state index contributed by atoms with van der Waals surface area (Å²) in [6.07, 6.45) is 7.30. The highest BCUT2D eigenvalue weighted by Gasteiger charge is 2.29. The highest BCUT2D eigenvalue weighted by molar-refractivity contribution is 5.83. The van der Waals surface area contributed by atoms with E-state index in [1.807, 2.05) is 0 Å². The van der Waals surface area contributed by atoms with Gasteiger partial charge in [-0.05, 0) is 32.6 Å². The van der Waals surface area contributed by atoms with E-state index in [9.17, 15) is 0 Å². The van der Waals surface area contributed by atoms with Crippen LogP contribution < -0.4 is 5.73 Å². The molecule has 0 aromatic heterocycles. The van der Waals surface area contributed by atoms with Gasteiger partial charge in [-0.3, -0.25) is 4.99 Å². The molecule has 1 unspecified atom stereocenters. The minimum atomic E-state index is -0.0507. The van der Waals surface area contributed by atoms with Gasteiger partial charge in [0.15, 0.2) is 0 Å². The lowest BCUT2D eigenvalue weighted by atomic mass is 9.95. The number of aliphatic imine (C=N–C) groups is 1. The van der Waals surface area contributed by atoms with Crippen molar-refractivity contribution in [1.82, 2.24) is 0 Å². The topological polar surface area (TPSA) is 47.6 Å². The summed E-state index contributed by atoms with van der Waals surface area (Å²) in [5, 5.41) is 0. The smallest absolute Gasteiger partial charge is 0.0976 e. The number of hydrogen-bond donors (Lipinski definition) is 1. The lowest BCUT2D eigenvalue weighted by Crippen LogP contribution is -2.37. The van der Waals surface area contributed by atoms with Gasteiger partial charge in [0.05, 0.1) is 18.0 Å². The van der Waals surface area contributed by atoms with E-state index in [1.165, 1.54) is 25.7 Å². The summed E-state index contributed by atoms with van der Waals surface area (Å²) in [5.41, 5.74) is 6.04. The van der Waals surface area contributed by atoms with Crippen LogP contribution in [-0.4, -0.2) is 24.6 Å². The Labute approximate surface area is 92.1 Å². The van der Waals surface area contributed by atoms with E-state index in [-0.39, 0.29) is 5.54 Å². The SMILES string of the molecule is CC1(N=C(N)C2CCCC2)CCCOC1. The van der Waals surface area contributed by atoms with E-state index in [1.54, 1.807) is 0 Å². The lowest BCUT2D eigenvalue weighted by molar-refractivity contribution is 0.0466. The van der Waals surface area contributed by atoms with Crippen LogP contribution >= 0.6 is 0 Å². The Morgan fingerprint density at radius 3 is 2.67 bits per heavy atom. The predicted octanol–water partition coefficient (Wildman–Crippen LogP) is 2.10. The molecule has 2 fully saturated rings. The normalized spacial score (nSPS) is 34.6. The maximum absolute atomic E-state index is 6.09. The third-order valence-corrected chi connectivity index (χ3v) is 3.59. The van der Waals surface area contributed by atoms with Crippen LogP contribution in [0.25, 0.3) is 0 Å². The van der Waals surface area contributed by atoms with E-state index in [4.69, 9.17) is 15.5 Å². The van der Waals surface area contributed by atoms with Gasteiger partial charge < -0.3 is 10.5 Å². The minimum absolute atomic E-state index is 0.0507. The maximum atomic E-state index is 6.09. The standard InChI is InChI=1S/C12H22N2O/c1-12(7-4-8-15-9-12)14-11(13)10-5-2-3-6-10/h10H,2-9H2,1H3,(H2,13,14). The predicted molar refractivity (Wildman–Crippen MR) is 62.0 cm³/mol. The summed E-state index contributed by atoms with van der Waals surface area (Å²) >= 11 is 0. The average molecular weight is 210 g/mol. The van der Waals surface area contributed by atoms with Crippen molar-refractivity contribution in [3.05, 3.63) is 0 Å². The Morgan fingerprint density at radius 2 is 2.07 bits per heavy atom. The molecule has 3 heteroatoms. The Hall–Kier alpha value is -0.570. The van der Waals surface area contributed by atoms with Gasteiger partial charge in [-0.15, -0.1) is 0 Å². The molecule has 1 saturated carbocycles. The second-order valence-electron chi connectivity index (χ2n) is 5.17. The molecule has 0 aromatic rings. The van der Waals surface area contributed by atoms with Gasteiger partial charge in [0.1, 0.15) is 0 Å². The fraction of sp³-hybridized carbons (Fsp3) is 0.917. The third-order valence-electron chi connectivity index (χ3n) is 3.59. The third kappa shape index (κ3) is 2.71.